The van der Waals surface area contributed by atoms with E-state index in [1.54, 1.807) is 0 Å². The first-order valence-corrected chi connectivity index (χ1v) is 25.1. The largest absolute Gasteiger partial charge is 0.519 e. The predicted molar refractivity (Wildman–Crippen MR) is 230 cm³/mol. The van der Waals surface area contributed by atoms with Gasteiger partial charge in [0.2, 0.25) is 0 Å². The number of hydrogen-bond acceptors (Lipinski definition) is 4. The summed E-state index contributed by atoms with van der Waals surface area (Å²) in [4.78, 5) is 27.9. The second-order valence-corrected chi connectivity index (χ2v) is 28.3. The van der Waals surface area contributed by atoms with Gasteiger partial charge in [0.15, 0.2) is 0 Å². The predicted octanol–water partition coefficient (Wildman–Crippen LogP) is 13.6. The molecule has 4 saturated carbocycles. The lowest BCUT2D eigenvalue weighted by molar-refractivity contribution is -0.228. The summed E-state index contributed by atoms with van der Waals surface area (Å²) in [6.45, 7) is 34.1. The van der Waals surface area contributed by atoms with Crippen LogP contribution in [0.15, 0.2) is 43.0 Å². The molecule has 1 aromatic carbocycles. The van der Waals surface area contributed by atoms with E-state index < -0.39 is 13.9 Å². The minimum Gasteiger partial charge on any atom is -0.519 e. The van der Waals surface area contributed by atoms with Gasteiger partial charge in [-0.05, 0) is 178 Å². The van der Waals surface area contributed by atoms with Crippen LogP contribution in [0.5, 0.6) is 0 Å². The SMILES string of the molecule is C=CC(Br)C[C@@H]1CC[C@]2(C(=O)O[Si](C)(C)C(C)(C)C)CC[C@]3(C)[C@H](CC[C@@H]4[C@@]5(C)CC=C(c6ccc(C(=O)OC(C)(C)C)cc6)C(C)(C)[C@@H]5CC[C@]43C)[C@@H]12. The normalized spacial score (nSPS) is 38.1. The first kappa shape index (κ1) is 42.0. The van der Waals surface area contributed by atoms with Crippen molar-refractivity contribution in [2.45, 2.75) is 169 Å². The van der Waals surface area contributed by atoms with Gasteiger partial charge in [-0.2, -0.15) is 0 Å². The highest BCUT2D eigenvalue weighted by Crippen LogP contribution is 2.78. The smallest absolute Gasteiger partial charge is 0.338 e. The Balaban J connectivity index is 1.32. The number of benzene rings is 1. The van der Waals surface area contributed by atoms with Crippen LogP contribution in [-0.2, 0) is 14.0 Å². The van der Waals surface area contributed by atoms with E-state index in [2.05, 4.69) is 115 Å². The van der Waals surface area contributed by atoms with E-state index >= 15 is 0 Å². The number of alkyl halides is 1. The third-order valence-electron chi connectivity index (χ3n) is 17.3. The maximum Gasteiger partial charge on any atom is 0.338 e. The van der Waals surface area contributed by atoms with E-state index in [0.29, 0.717) is 35.2 Å². The molecule has 300 valence electrons. The molecule has 0 aliphatic heterocycles. The van der Waals surface area contributed by atoms with E-state index in [0.717, 1.165) is 38.5 Å². The standard InChI is InChI=1S/C48H73BrO4Si/c1-15-34(49)30-33-22-27-48(41(51)53-54(13,14)43(5,6)7)29-28-46(11)36(39(33)48)20-21-38-45(10)25-23-35(44(8,9)37(45)24-26-47(38,46)12)31-16-18-32(19-17-31)40(50)52-42(2,3)4/h15-19,23,33-34,36-39H,1,20-22,24-30H2,2-14H3/t33-,34?,36+,37-,38+,39+,45-,46+,47+,48-/m0/s1. The highest BCUT2D eigenvalue weighted by Gasteiger charge is 2.72. The molecule has 54 heavy (non-hydrogen) atoms. The van der Waals surface area contributed by atoms with Gasteiger partial charge in [0.25, 0.3) is 14.3 Å². The van der Waals surface area contributed by atoms with Crippen LogP contribution in [0.2, 0.25) is 18.1 Å². The van der Waals surface area contributed by atoms with Gasteiger partial charge in [0.05, 0.1) is 11.0 Å². The molecular formula is C48H73BrO4Si. The number of carbonyl (C=O) groups excluding carboxylic acids is 2. The zero-order chi connectivity index (χ0) is 40.1. The molecule has 0 radical (unpaired) electrons. The Labute approximate surface area is 338 Å². The van der Waals surface area contributed by atoms with Crippen molar-refractivity contribution in [1.29, 1.82) is 0 Å². The minimum atomic E-state index is -2.27. The van der Waals surface area contributed by atoms with Crippen molar-refractivity contribution in [3.63, 3.8) is 0 Å². The van der Waals surface area contributed by atoms with Crippen molar-refractivity contribution in [1.82, 2.24) is 0 Å². The zero-order valence-electron chi connectivity index (χ0n) is 36.2. The van der Waals surface area contributed by atoms with Crippen molar-refractivity contribution in [2.75, 3.05) is 0 Å². The monoisotopic (exact) mass is 820 g/mol. The van der Waals surface area contributed by atoms with E-state index in [1.807, 2.05) is 32.9 Å². The summed E-state index contributed by atoms with van der Waals surface area (Å²) in [6.07, 6.45) is 15.8. The molecule has 0 spiro atoms. The molecule has 1 unspecified atom stereocenters. The number of rotatable bonds is 7. The van der Waals surface area contributed by atoms with Crippen molar-refractivity contribution >= 4 is 41.8 Å². The van der Waals surface area contributed by atoms with Crippen molar-refractivity contribution in [2.24, 2.45) is 56.7 Å². The average Bonchev–Trinajstić information content (AvgIpc) is 3.42. The van der Waals surface area contributed by atoms with E-state index in [9.17, 15) is 9.59 Å². The maximum absolute atomic E-state index is 14.8. The quantitative estimate of drug-likeness (QED) is 0.119. The summed E-state index contributed by atoms with van der Waals surface area (Å²) in [5.41, 5.74) is 2.93. The molecule has 1 aromatic rings. The molecule has 6 heteroatoms. The first-order valence-electron chi connectivity index (χ1n) is 21.3. The van der Waals surface area contributed by atoms with E-state index in [4.69, 9.17) is 9.16 Å². The highest BCUT2D eigenvalue weighted by atomic mass is 79.9. The lowest BCUT2D eigenvalue weighted by Crippen LogP contribution is -2.66. The van der Waals surface area contributed by atoms with Crippen LogP contribution in [0, 0.1) is 56.7 Å². The van der Waals surface area contributed by atoms with Crippen LogP contribution in [0.3, 0.4) is 0 Å². The Morgan fingerprint density at radius 1 is 0.889 bits per heavy atom. The molecule has 5 aliphatic carbocycles. The van der Waals surface area contributed by atoms with Gasteiger partial charge in [0, 0.05) is 4.83 Å². The molecule has 10 atom stereocenters. The Bertz CT molecular complexity index is 1660. The van der Waals surface area contributed by atoms with Crippen molar-refractivity contribution in [3.8, 4) is 0 Å². The fraction of sp³-hybridized carbons (Fsp3) is 0.750. The molecular weight excluding hydrogens is 749 g/mol. The molecule has 5 aliphatic rings. The fourth-order valence-electron chi connectivity index (χ4n) is 13.4. The van der Waals surface area contributed by atoms with Crippen LogP contribution < -0.4 is 0 Å². The van der Waals surface area contributed by atoms with Crippen LogP contribution in [0.4, 0.5) is 0 Å². The number of fused-ring (bicyclic) bond motifs is 7. The van der Waals surface area contributed by atoms with Gasteiger partial charge in [0.1, 0.15) is 5.60 Å². The number of ether oxygens (including phenoxy) is 1. The highest BCUT2D eigenvalue weighted by molar-refractivity contribution is 9.09. The number of carbonyl (C=O) groups is 2. The molecule has 0 N–H and O–H groups in total. The van der Waals surface area contributed by atoms with Crippen LogP contribution in [-0.4, -0.2) is 30.7 Å². The molecule has 0 aromatic heterocycles. The van der Waals surface area contributed by atoms with Crippen molar-refractivity contribution in [3.05, 3.63) is 54.1 Å². The van der Waals surface area contributed by atoms with E-state index in [-0.39, 0.29) is 48.9 Å². The molecule has 0 bridgehead atoms. The summed E-state index contributed by atoms with van der Waals surface area (Å²) in [5.74, 6) is 2.44. The Morgan fingerprint density at radius 3 is 2.13 bits per heavy atom. The van der Waals surface area contributed by atoms with Crippen LogP contribution in [0.25, 0.3) is 5.57 Å². The third-order valence-corrected chi connectivity index (χ3v) is 22.4. The van der Waals surface area contributed by atoms with Gasteiger partial charge < -0.3 is 9.16 Å². The van der Waals surface area contributed by atoms with Crippen molar-refractivity contribution < 1.29 is 18.8 Å². The molecule has 4 fully saturated rings. The van der Waals surface area contributed by atoms with E-state index in [1.165, 1.54) is 36.8 Å². The molecule has 0 heterocycles. The Morgan fingerprint density at radius 2 is 1.54 bits per heavy atom. The van der Waals surface area contributed by atoms with Gasteiger partial charge >= 0.3 is 5.97 Å². The van der Waals surface area contributed by atoms with Crippen LogP contribution in [0.1, 0.15) is 156 Å². The molecule has 0 amide bonds. The topological polar surface area (TPSA) is 52.6 Å². The summed E-state index contributed by atoms with van der Waals surface area (Å²) < 4.78 is 12.5. The first-order chi connectivity index (χ1) is 24.8. The number of halogens is 1. The minimum absolute atomic E-state index is 0.000860. The van der Waals surface area contributed by atoms with Gasteiger partial charge in [-0.25, -0.2) is 4.79 Å². The summed E-state index contributed by atoms with van der Waals surface area (Å²) in [5, 5.41) is -0.00891. The number of hydrogen-bond donors (Lipinski definition) is 0. The average molecular weight is 822 g/mol. The lowest BCUT2D eigenvalue weighted by atomic mass is 9.32. The summed E-state index contributed by atoms with van der Waals surface area (Å²) in [7, 11) is -2.27. The molecule has 4 nitrogen and oxygen atoms in total. The molecule has 6 rings (SSSR count). The Hall–Kier alpha value is -1.66. The third kappa shape index (κ3) is 6.59. The maximum atomic E-state index is 14.8. The van der Waals surface area contributed by atoms with Gasteiger partial charge in [-0.3, -0.25) is 4.79 Å². The second kappa shape index (κ2) is 13.7. The number of allylic oxidation sites excluding steroid dienone is 3. The van der Waals surface area contributed by atoms with Gasteiger partial charge in [-0.15, -0.1) is 6.58 Å². The van der Waals surface area contributed by atoms with Crippen LogP contribution >= 0.6 is 15.9 Å². The van der Waals surface area contributed by atoms with Gasteiger partial charge in [-0.1, -0.05) is 95.6 Å². The zero-order valence-corrected chi connectivity index (χ0v) is 38.8. The molecule has 0 saturated heterocycles. The second-order valence-electron chi connectivity index (χ2n) is 22.4. The number of esters is 1. The lowest BCUT2D eigenvalue weighted by Gasteiger charge is -2.72. The summed E-state index contributed by atoms with van der Waals surface area (Å²) in [6, 6.07) is 8.17. The fourth-order valence-corrected chi connectivity index (χ4v) is 14.9. The summed E-state index contributed by atoms with van der Waals surface area (Å²) >= 11 is 3.94. The Kier molecular flexibility index (Phi) is 10.7.